The van der Waals surface area contributed by atoms with Gasteiger partial charge in [-0.2, -0.15) is 5.26 Å². The molecule has 1 saturated heterocycles. The summed E-state index contributed by atoms with van der Waals surface area (Å²) in [7, 11) is 0. The van der Waals surface area contributed by atoms with Gasteiger partial charge in [-0.1, -0.05) is 23.7 Å². The van der Waals surface area contributed by atoms with Gasteiger partial charge < -0.3 is 9.69 Å². The molecule has 4 nitrogen and oxygen atoms in total. The molecule has 5 heteroatoms. The molecule has 0 N–H and O–H groups in total. The maximum absolute atomic E-state index is 10.6. The number of hydrogen-bond acceptors (Lipinski definition) is 4. The standard InChI is InChI=1S/C13H14ClN3O/c14-13(10-18)17-7-5-16(6-8-17)12-4-2-1-3-11(12)9-15/h1-4,10,13H,5-8H2. The molecular weight excluding hydrogens is 250 g/mol. The first-order valence-electron chi connectivity index (χ1n) is 5.83. The molecule has 1 atom stereocenters. The fraction of sp³-hybridized carbons (Fsp3) is 0.385. The van der Waals surface area contributed by atoms with Crippen molar-refractivity contribution in [2.75, 3.05) is 31.1 Å². The van der Waals surface area contributed by atoms with E-state index in [9.17, 15) is 4.79 Å². The Bertz CT molecular complexity index is 464. The highest BCUT2D eigenvalue weighted by atomic mass is 35.5. The van der Waals surface area contributed by atoms with Gasteiger partial charge in [0, 0.05) is 26.2 Å². The van der Waals surface area contributed by atoms with Gasteiger partial charge >= 0.3 is 0 Å². The van der Waals surface area contributed by atoms with Crippen molar-refractivity contribution < 1.29 is 4.79 Å². The molecular formula is C13H14ClN3O. The van der Waals surface area contributed by atoms with Gasteiger partial charge in [-0.15, -0.1) is 0 Å². The smallest absolute Gasteiger partial charge is 0.152 e. The van der Waals surface area contributed by atoms with Crippen LogP contribution in [0.3, 0.4) is 0 Å². The van der Waals surface area contributed by atoms with E-state index in [1.807, 2.05) is 29.2 Å². The number of carbonyl (C=O) groups is 1. The highest BCUT2D eigenvalue weighted by Crippen LogP contribution is 2.21. The first-order valence-corrected chi connectivity index (χ1v) is 6.27. The van der Waals surface area contributed by atoms with Crippen LogP contribution in [0, 0.1) is 11.3 Å². The summed E-state index contributed by atoms with van der Waals surface area (Å²) in [6.45, 7) is 3.00. The number of halogens is 1. The van der Waals surface area contributed by atoms with Crippen molar-refractivity contribution in [3.8, 4) is 6.07 Å². The number of nitriles is 1. The number of nitrogens with zero attached hydrogens (tertiary/aromatic N) is 3. The van der Waals surface area contributed by atoms with Gasteiger partial charge in [-0.3, -0.25) is 4.90 Å². The molecule has 1 unspecified atom stereocenters. The number of benzene rings is 1. The Morgan fingerprint density at radius 2 is 1.94 bits per heavy atom. The Morgan fingerprint density at radius 1 is 1.28 bits per heavy atom. The summed E-state index contributed by atoms with van der Waals surface area (Å²) in [5.41, 5.74) is 1.10. The average molecular weight is 264 g/mol. The monoisotopic (exact) mass is 263 g/mol. The molecule has 1 fully saturated rings. The number of para-hydroxylation sites is 1. The van der Waals surface area contributed by atoms with E-state index in [0.717, 1.165) is 38.2 Å². The number of alkyl halides is 1. The predicted octanol–water partition coefficient (Wildman–Crippen LogP) is 1.44. The third-order valence-electron chi connectivity index (χ3n) is 3.14. The summed E-state index contributed by atoms with van der Waals surface area (Å²) >= 11 is 5.88. The van der Waals surface area contributed by atoms with Crippen LogP contribution in [0.4, 0.5) is 5.69 Å². The quantitative estimate of drug-likeness (QED) is 0.470. The minimum atomic E-state index is -0.543. The highest BCUT2D eigenvalue weighted by Gasteiger charge is 2.22. The van der Waals surface area contributed by atoms with Gasteiger partial charge in [0.25, 0.3) is 0 Å². The van der Waals surface area contributed by atoms with Crippen molar-refractivity contribution in [2.24, 2.45) is 0 Å². The van der Waals surface area contributed by atoms with Crippen molar-refractivity contribution in [1.82, 2.24) is 4.90 Å². The molecule has 0 aromatic heterocycles. The molecule has 0 bridgehead atoms. The van der Waals surface area contributed by atoms with Crippen LogP contribution in [0.2, 0.25) is 0 Å². The largest absolute Gasteiger partial charge is 0.368 e. The molecule has 94 valence electrons. The summed E-state index contributed by atoms with van der Waals surface area (Å²) in [5.74, 6) is 0. The summed E-state index contributed by atoms with van der Waals surface area (Å²) in [4.78, 5) is 14.7. The summed E-state index contributed by atoms with van der Waals surface area (Å²) < 4.78 is 0. The van der Waals surface area contributed by atoms with Crippen LogP contribution >= 0.6 is 11.6 Å². The molecule has 1 aromatic rings. The van der Waals surface area contributed by atoms with Crippen molar-refractivity contribution in [3.05, 3.63) is 29.8 Å². The second-order valence-electron chi connectivity index (χ2n) is 4.16. The lowest BCUT2D eigenvalue weighted by atomic mass is 10.1. The van der Waals surface area contributed by atoms with E-state index in [0.29, 0.717) is 5.56 Å². The fourth-order valence-corrected chi connectivity index (χ4v) is 2.33. The zero-order valence-electron chi connectivity index (χ0n) is 9.92. The third-order valence-corrected chi connectivity index (χ3v) is 3.52. The summed E-state index contributed by atoms with van der Waals surface area (Å²) in [6, 6.07) is 9.76. The van der Waals surface area contributed by atoms with E-state index in [1.54, 1.807) is 0 Å². The van der Waals surface area contributed by atoms with Gasteiger partial charge in [-0.25, -0.2) is 0 Å². The van der Waals surface area contributed by atoms with Gasteiger partial charge in [-0.05, 0) is 12.1 Å². The number of piperazine rings is 1. The topological polar surface area (TPSA) is 47.3 Å². The summed E-state index contributed by atoms with van der Waals surface area (Å²) in [6.07, 6.45) is 0.750. The van der Waals surface area contributed by atoms with Gasteiger partial charge in [0.2, 0.25) is 0 Å². The Hall–Kier alpha value is -1.57. The molecule has 1 aromatic carbocycles. The molecule has 0 aliphatic carbocycles. The van der Waals surface area contributed by atoms with E-state index < -0.39 is 5.50 Å². The zero-order chi connectivity index (χ0) is 13.0. The minimum absolute atomic E-state index is 0.543. The fourth-order valence-electron chi connectivity index (χ4n) is 2.14. The van der Waals surface area contributed by atoms with Crippen LogP contribution < -0.4 is 4.90 Å². The van der Waals surface area contributed by atoms with Crippen LogP contribution in [-0.2, 0) is 4.79 Å². The van der Waals surface area contributed by atoms with Crippen molar-refractivity contribution in [1.29, 1.82) is 5.26 Å². The van der Waals surface area contributed by atoms with E-state index in [4.69, 9.17) is 16.9 Å². The van der Waals surface area contributed by atoms with Crippen LogP contribution in [-0.4, -0.2) is 42.9 Å². The normalized spacial score (nSPS) is 18.1. The maximum Gasteiger partial charge on any atom is 0.152 e. The SMILES string of the molecule is N#Cc1ccccc1N1CCN(C(Cl)C=O)CC1. The predicted molar refractivity (Wildman–Crippen MR) is 70.6 cm³/mol. The number of rotatable bonds is 3. The molecule has 2 rings (SSSR count). The molecule has 1 heterocycles. The van der Waals surface area contributed by atoms with Gasteiger partial charge in [0.05, 0.1) is 11.3 Å². The Kier molecular flexibility index (Phi) is 4.19. The molecule has 0 radical (unpaired) electrons. The lowest BCUT2D eigenvalue weighted by Gasteiger charge is -2.37. The zero-order valence-corrected chi connectivity index (χ0v) is 10.7. The second kappa shape index (κ2) is 5.85. The van der Waals surface area contributed by atoms with E-state index in [1.165, 1.54) is 0 Å². The number of anilines is 1. The van der Waals surface area contributed by atoms with Gasteiger partial charge in [0.1, 0.15) is 11.6 Å². The maximum atomic E-state index is 10.6. The van der Waals surface area contributed by atoms with Crippen molar-refractivity contribution >= 4 is 23.6 Å². The molecule has 18 heavy (non-hydrogen) atoms. The number of aldehydes is 1. The van der Waals surface area contributed by atoms with E-state index in [-0.39, 0.29) is 0 Å². The van der Waals surface area contributed by atoms with Crippen LogP contribution in [0.1, 0.15) is 5.56 Å². The first kappa shape index (κ1) is 12.9. The average Bonchev–Trinajstić information content (AvgIpc) is 2.46. The summed E-state index contributed by atoms with van der Waals surface area (Å²) in [5, 5.41) is 9.07. The lowest BCUT2D eigenvalue weighted by molar-refractivity contribution is -0.110. The third kappa shape index (κ3) is 2.63. The van der Waals surface area contributed by atoms with Crippen LogP contribution in [0.5, 0.6) is 0 Å². The van der Waals surface area contributed by atoms with Crippen molar-refractivity contribution in [2.45, 2.75) is 5.50 Å². The number of hydrogen-bond donors (Lipinski definition) is 0. The molecule has 0 spiro atoms. The molecule has 0 amide bonds. The van der Waals surface area contributed by atoms with E-state index in [2.05, 4.69) is 11.0 Å². The molecule has 1 aliphatic rings. The first-order chi connectivity index (χ1) is 8.76. The Balaban J connectivity index is 2.06. The van der Waals surface area contributed by atoms with Crippen LogP contribution in [0.25, 0.3) is 0 Å². The molecule has 0 saturated carbocycles. The van der Waals surface area contributed by atoms with Gasteiger partial charge in [0.15, 0.2) is 6.29 Å². The highest BCUT2D eigenvalue weighted by molar-refractivity contribution is 6.27. The molecule has 1 aliphatic heterocycles. The lowest BCUT2D eigenvalue weighted by Crippen LogP contribution is -2.49. The Morgan fingerprint density at radius 3 is 2.56 bits per heavy atom. The minimum Gasteiger partial charge on any atom is -0.368 e. The number of carbonyl (C=O) groups excluding carboxylic acids is 1. The second-order valence-corrected chi connectivity index (χ2v) is 4.61. The Labute approximate surface area is 111 Å². The van der Waals surface area contributed by atoms with E-state index >= 15 is 0 Å². The van der Waals surface area contributed by atoms with Crippen molar-refractivity contribution in [3.63, 3.8) is 0 Å². The van der Waals surface area contributed by atoms with Crippen LogP contribution in [0.15, 0.2) is 24.3 Å².